The molecule has 1 aliphatic rings. The van der Waals surface area contributed by atoms with Crippen molar-refractivity contribution in [1.82, 2.24) is 15.0 Å². The van der Waals surface area contributed by atoms with Gasteiger partial charge in [0.15, 0.2) is 6.10 Å². The molecule has 10 heteroatoms. The first-order valence-electron chi connectivity index (χ1n) is 8.16. The molecule has 0 aromatic carbocycles. The first-order chi connectivity index (χ1) is 12.9. The van der Waals surface area contributed by atoms with Crippen LogP contribution in [0.1, 0.15) is 5.82 Å². The third-order valence-electron chi connectivity index (χ3n) is 4.02. The summed E-state index contributed by atoms with van der Waals surface area (Å²) in [5, 5.41) is 7.12. The van der Waals surface area contributed by atoms with Crippen LogP contribution in [0.3, 0.4) is 0 Å². The molecule has 1 atom stereocenters. The van der Waals surface area contributed by atoms with E-state index in [9.17, 15) is 13.6 Å². The molecule has 0 aliphatic carbocycles. The molecule has 1 amide bonds. The number of aromatic amines is 1. The van der Waals surface area contributed by atoms with E-state index >= 15 is 0 Å². The minimum atomic E-state index is -2.82. The number of hydrogen-bond acceptors (Lipinski definition) is 6. The Balaban J connectivity index is 1.76. The van der Waals surface area contributed by atoms with Crippen LogP contribution in [0.2, 0.25) is 0 Å². The molecule has 1 aliphatic heterocycles. The van der Waals surface area contributed by atoms with Gasteiger partial charge in [-0.15, -0.1) is 0 Å². The van der Waals surface area contributed by atoms with Gasteiger partial charge >= 0.3 is 0 Å². The van der Waals surface area contributed by atoms with Crippen LogP contribution in [-0.4, -0.2) is 58.8 Å². The second kappa shape index (κ2) is 8.04. The van der Waals surface area contributed by atoms with E-state index in [1.54, 1.807) is 18.5 Å². The number of amides is 1. The molecular weight excluding hydrogens is 358 g/mol. The van der Waals surface area contributed by atoms with E-state index in [1.807, 2.05) is 11.0 Å². The second-order valence-corrected chi connectivity index (χ2v) is 5.88. The number of nitrogens with two attached hydrogens (primary N) is 1. The lowest BCUT2D eigenvalue weighted by atomic mass is 10.2. The topological polar surface area (TPSA) is 121 Å². The number of carbonyl (C=O) groups excluding carboxylic acids is 1. The molecule has 0 spiro atoms. The smallest absolute Gasteiger partial charge is 0.279 e. The van der Waals surface area contributed by atoms with Gasteiger partial charge in [-0.05, 0) is 24.3 Å². The fourth-order valence-electron chi connectivity index (χ4n) is 2.60. The molecule has 142 valence electrons. The number of rotatable bonds is 6. The number of imidazole rings is 1. The summed E-state index contributed by atoms with van der Waals surface area (Å²) in [6, 6.07) is 3.60. The van der Waals surface area contributed by atoms with Crippen LogP contribution in [0, 0.1) is 5.41 Å². The summed E-state index contributed by atoms with van der Waals surface area (Å²) in [6.07, 6.45) is 2.01. The lowest BCUT2D eigenvalue weighted by Gasteiger charge is -2.32. The summed E-state index contributed by atoms with van der Waals surface area (Å²) in [5.74, 6) is 0.498. The van der Waals surface area contributed by atoms with Crippen molar-refractivity contribution in [3.8, 4) is 11.3 Å². The summed E-state index contributed by atoms with van der Waals surface area (Å²) >= 11 is 0. The van der Waals surface area contributed by atoms with Crippen LogP contribution in [0.25, 0.3) is 17.3 Å². The van der Waals surface area contributed by atoms with E-state index in [0.29, 0.717) is 37.0 Å². The molecular formula is C17H18F2N6O2. The van der Waals surface area contributed by atoms with Gasteiger partial charge in [-0.1, -0.05) is 0 Å². The molecule has 0 bridgehead atoms. The van der Waals surface area contributed by atoms with Crippen LogP contribution in [-0.2, 0) is 9.53 Å². The number of anilines is 1. The Bertz CT molecular complexity index is 867. The summed E-state index contributed by atoms with van der Waals surface area (Å²) in [7, 11) is 0. The summed E-state index contributed by atoms with van der Waals surface area (Å²) in [6.45, 7) is 1.26. The van der Waals surface area contributed by atoms with Gasteiger partial charge in [-0.25, -0.2) is 18.7 Å². The highest BCUT2D eigenvalue weighted by Crippen LogP contribution is 2.23. The van der Waals surface area contributed by atoms with E-state index in [-0.39, 0.29) is 0 Å². The Morgan fingerprint density at radius 1 is 1.48 bits per heavy atom. The van der Waals surface area contributed by atoms with Gasteiger partial charge < -0.3 is 20.4 Å². The number of alkyl halides is 2. The van der Waals surface area contributed by atoms with Gasteiger partial charge in [0.2, 0.25) is 5.91 Å². The molecule has 3 heterocycles. The monoisotopic (exact) mass is 376 g/mol. The zero-order valence-electron chi connectivity index (χ0n) is 14.2. The first-order valence-corrected chi connectivity index (χ1v) is 8.16. The van der Waals surface area contributed by atoms with E-state index in [4.69, 9.17) is 15.9 Å². The number of carbonyl (C=O) groups is 1. The Kier molecular flexibility index (Phi) is 5.55. The molecule has 0 radical (unpaired) electrons. The van der Waals surface area contributed by atoms with E-state index in [1.165, 1.54) is 6.08 Å². The van der Waals surface area contributed by atoms with Crippen molar-refractivity contribution in [1.29, 1.82) is 5.41 Å². The highest BCUT2D eigenvalue weighted by atomic mass is 19.3. The molecule has 2 aromatic heterocycles. The van der Waals surface area contributed by atoms with Gasteiger partial charge in [-0.2, -0.15) is 0 Å². The minimum Gasteiger partial charge on any atom is -0.367 e. The number of morpholine rings is 1. The van der Waals surface area contributed by atoms with Crippen LogP contribution in [0.5, 0.6) is 0 Å². The highest BCUT2D eigenvalue weighted by Gasteiger charge is 2.25. The zero-order chi connectivity index (χ0) is 19.4. The number of nitrogens with one attached hydrogen (secondary N) is 2. The Morgan fingerprint density at radius 3 is 3.04 bits per heavy atom. The SMILES string of the molecule is N=C(/C=C\c1ncc(-c2ccnc(N3CCOC(C(N)=O)C3)c2)[nH]1)C(F)F. The molecule has 2 aromatic rings. The van der Waals surface area contributed by atoms with E-state index in [0.717, 1.165) is 11.6 Å². The maximum absolute atomic E-state index is 12.3. The summed E-state index contributed by atoms with van der Waals surface area (Å²) < 4.78 is 30.0. The molecule has 1 fully saturated rings. The predicted octanol–water partition coefficient (Wildman–Crippen LogP) is 1.46. The average molecular weight is 376 g/mol. The van der Waals surface area contributed by atoms with Gasteiger partial charge in [0.1, 0.15) is 11.6 Å². The Morgan fingerprint density at radius 2 is 2.30 bits per heavy atom. The van der Waals surface area contributed by atoms with Crippen LogP contribution >= 0.6 is 0 Å². The third kappa shape index (κ3) is 4.53. The van der Waals surface area contributed by atoms with Crippen molar-refractivity contribution in [3.05, 3.63) is 36.4 Å². The van der Waals surface area contributed by atoms with Gasteiger partial charge in [0.25, 0.3) is 6.43 Å². The summed E-state index contributed by atoms with van der Waals surface area (Å²) in [5.41, 5.74) is 5.98. The fraction of sp³-hybridized carbons (Fsp3) is 0.294. The zero-order valence-corrected chi connectivity index (χ0v) is 14.2. The number of ether oxygens (including phenoxy) is 1. The quantitative estimate of drug-likeness (QED) is 0.659. The number of halogens is 2. The van der Waals surface area contributed by atoms with Gasteiger partial charge in [0, 0.05) is 18.3 Å². The van der Waals surface area contributed by atoms with Crippen molar-refractivity contribution in [2.24, 2.45) is 5.73 Å². The van der Waals surface area contributed by atoms with Crippen LogP contribution < -0.4 is 10.6 Å². The van der Waals surface area contributed by atoms with Crippen molar-refractivity contribution < 1.29 is 18.3 Å². The molecule has 8 nitrogen and oxygen atoms in total. The maximum atomic E-state index is 12.3. The fourth-order valence-corrected chi connectivity index (χ4v) is 2.60. The lowest BCUT2D eigenvalue weighted by molar-refractivity contribution is -0.130. The highest BCUT2D eigenvalue weighted by molar-refractivity contribution is 5.97. The molecule has 27 heavy (non-hydrogen) atoms. The number of hydrogen-bond donors (Lipinski definition) is 3. The Labute approximate surface area is 153 Å². The average Bonchev–Trinajstić information content (AvgIpc) is 3.15. The third-order valence-corrected chi connectivity index (χ3v) is 4.02. The van der Waals surface area contributed by atoms with Crippen molar-refractivity contribution in [3.63, 3.8) is 0 Å². The second-order valence-electron chi connectivity index (χ2n) is 5.88. The Hall–Kier alpha value is -3.14. The molecule has 4 N–H and O–H groups in total. The van der Waals surface area contributed by atoms with Crippen LogP contribution in [0.15, 0.2) is 30.6 Å². The largest absolute Gasteiger partial charge is 0.367 e. The van der Waals surface area contributed by atoms with Crippen molar-refractivity contribution in [2.75, 3.05) is 24.6 Å². The van der Waals surface area contributed by atoms with Crippen molar-refractivity contribution in [2.45, 2.75) is 12.5 Å². The first kappa shape index (κ1) is 18.6. The number of allylic oxidation sites excluding steroid dienone is 1. The van der Waals surface area contributed by atoms with Crippen LogP contribution in [0.4, 0.5) is 14.6 Å². The van der Waals surface area contributed by atoms with Gasteiger partial charge in [-0.3, -0.25) is 10.2 Å². The van der Waals surface area contributed by atoms with E-state index < -0.39 is 24.1 Å². The number of aromatic nitrogens is 3. The molecule has 0 saturated carbocycles. The predicted molar refractivity (Wildman–Crippen MR) is 95.7 cm³/mol. The molecule has 3 rings (SSSR count). The van der Waals surface area contributed by atoms with Gasteiger partial charge in [0.05, 0.1) is 30.8 Å². The lowest BCUT2D eigenvalue weighted by Crippen LogP contribution is -2.48. The summed E-state index contributed by atoms with van der Waals surface area (Å²) in [4.78, 5) is 24.7. The normalized spacial score (nSPS) is 17.6. The number of nitrogens with zero attached hydrogens (tertiary/aromatic N) is 3. The maximum Gasteiger partial charge on any atom is 0.279 e. The minimum absolute atomic E-state index is 0.318. The number of H-pyrrole nitrogens is 1. The molecule has 1 saturated heterocycles. The molecule has 1 unspecified atom stereocenters. The number of primary amides is 1. The number of pyridine rings is 1. The van der Waals surface area contributed by atoms with E-state index in [2.05, 4.69) is 15.0 Å². The standard InChI is InChI=1S/C17H18F2N6O2/c18-16(19)11(20)1-2-14-23-8-12(24-14)10-3-4-22-15(7-10)25-5-6-27-13(9-25)17(21)26/h1-4,7-8,13,16,20H,5-6,9H2,(H2,21,26)(H,23,24)/b2-1-,20-11?. The van der Waals surface area contributed by atoms with Crippen molar-refractivity contribution >= 4 is 23.5 Å².